The first kappa shape index (κ1) is 11.9. The predicted molar refractivity (Wildman–Crippen MR) is 64.9 cm³/mol. The van der Waals surface area contributed by atoms with Gasteiger partial charge in [-0.1, -0.05) is 25.7 Å². The van der Waals surface area contributed by atoms with E-state index < -0.39 is 5.54 Å². The van der Waals surface area contributed by atoms with Gasteiger partial charge in [0, 0.05) is 6.04 Å². The molecule has 0 aromatic rings. The number of nitrogens with two attached hydrogens (primary N) is 1. The summed E-state index contributed by atoms with van der Waals surface area (Å²) in [5.74, 6) is 0.312. The van der Waals surface area contributed by atoms with Crippen molar-refractivity contribution in [1.29, 1.82) is 0 Å². The third kappa shape index (κ3) is 2.57. The van der Waals surface area contributed by atoms with Gasteiger partial charge in [0.05, 0.1) is 5.54 Å². The van der Waals surface area contributed by atoms with Crippen molar-refractivity contribution in [3.05, 3.63) is 0 Å². The van der Waals surface area contributed by atoms with Gasteiger partial charge in [0.1, 0.15) is 0 Å². The quantitative estimate of drug-likeness (QED) is 0.717. The lowest BCUT2D eigenvalue weighted by atomic mass is 9.92. The molecule has 0 aliphatic heterocycles. The van der Waals surface area contributed by atoms with Crippen LogP contribution in [0.5, 0.6) is 0 Å². The van der Waals surface area contributed by atoms with Gasteiger partial charge in [-0.3, -0.25) is 4.79 Å². The number of primary amides is 1. The van der Waals surface area contributed by atoms with Crippen LogP contribution in [0.2, 0.25) is 0 Å². The molecule has 0 saturated heterocycles. The van der Waals surface area contributed by atoms with E-state index in [1.54, 1.807) is 0 Å². The van der Waals surface area contributed by atoms with E-state index in [9.17, 15) is 4.79 Å². The highest BCUT2D eigenvalue weighted by Gasteiger charge is 2.46. The Hall–Kier alpha value is -0.570. The fraction of sp³-hybridized carbons (Fsp3) is 0.923. The van der Waals surface area contributed by atoms with E-state index >= 15 is 0 Å². The average Bonchev–Trinajstić information content (AvgIpc) is 3.05. The minimum atomic E-state index is -0.449. The van der Waals surface area contributed by atoms with E-state index in [0.29, 0.717) is 12.0 Å². The number of nitrogens with one attached hydrogen (secondary N) is 1. The lowest BCUT2D eigenvalue weighted by molar-refractivity contribution is -0.125. The molecule has 1 atom stereocenters. The van der Waals surface area contributed by atoms with Crippen LogP contribution in [0.4, 0.5) is 0 Å². The molecule has 2 aliphatic carbocycles. The van der Waals surface area contributed by atoms with Gasteiger partial charge in [-0.05, 0) is 38.5 Å². The minimum absolute atomic E-state index is 0.167. The smallest absolute Gasteiger partial charge is 0.237 e. The third-order valence-electron chi connectivity index (χ3n) is 4.26. The van der Waals surface area contributed by atoms with Gasteiger partial charge < -0.3 is 11.1 Å². The highest BCUT2D eigenvalue weighted by molar-refractivity contribution is 5.85. The van der Waals surface area contributed by atoms with Crippen LogP contribution in [0.1, 0.15) is 58.3 Å². The van der Waals surface area contributed by atoms with E-state index in [4.69, 9.17) is 5.73 Å². The zero-order valence-electron chi connectivity index (χ0n) is 10.3. The van der Waals surface area contributed by atoms with Crippen molar-refractivity contribution < 1.29 is 4.79 Å². The van der Waals surface area contributed by atoms with Crippen molar-refractivity contribution in [2.24, 2.45) is 11.7 Å². The standard InChI is InChI=1S/C13H24N2O/c1-13(12(14)16,10-8-9-10)15-11-6-4-2-3-5-7-11/h10-11,15H,2-9H2,1H3,(H2,14,16). The summed E-state index contributed by atoms with van der Waals surface area (Å²) in [5, 5.41) is 3.56. The summed E-state index contributed by atoms with van der Waals surface area (Å²) in [4.78, 5) is 11.6. The zero-order chi connectivity index (χ0) is 11.6. The Morgan fingerprint density at radius 1 is 1.12 bits per heavy atom. The largest absolute Gasteiger partial charge is 0.368 e. The molecule has 2 rings (SSSR count). The Balaban J connectivity index is 1.96. The van der Waals surface area contributed by atoms with Crippen LogP contribution in [0.25, 0.3) is 0 Å². The minimum Gasteiger partial charge on any atom is -0.368 e. The molecule has 2 fully saturated rings. The maximum Gasteiger partial charge on any atom is 0.237 e. The van der Waals surface area contributed by atoms with E-state index in [1.807, 2.05) is 6.92 Å². The summed E-state index contributed by atoms with van der Waals surface area (Å²) in [6.45, 7) is 2.00. The van der Waals surface area contributed by atoms with Gasteiger partial charge in [0.25, 0.3) is 0 Å². The lowest BCUT2D eigenvalue weighted by Gasteiger charge is -2.32. The molecule has 0 spiro atoms. The molecule has 2 aliphatic rings. The number of carbonyl (C=O) groups excluding carboxylic acids is 1. The van der Waals surface area contributed by atoms with Crippen LogP contribution < -0.4 is 11.1 Å². The van der Waals surface area contributed by atoms with Crippen molar-refractivity contribution in [3.63, 3.8) is 0 Å². The highest BCUT2D eigenvalue weighted by Crippen LogP contribution is 2.40. The van der Waals surface area contributed by atoms with Crippen molar-refractivity contribution in [3.8, 4) is 0 Å². The van der Waals surface area contributed by atoms with E-state index in [0.717, 1.165) is 12.8 Å². The van der Waals surface area contributed by atoms with Crippen LogP contribution in [0, 0.1) is 5.92 Å². The van der Waals surface area contributed by atoms with Gasteiger partial charge in [-0.25, -0.2) is 0 Å². The van der Waals surface area contributed by atoms with Crippen LogP contribution in [-0.2, 0) is 4.79 Å². The summed E-state index contributed by atoms with van der Waals surface area (Å²) in [6, 6.07) is 0.501. The van der Waals surface area contributed by atoms with E-state index in [-0.39, 0.29) is 5.91 Å². The van der Waals surface area contributed by atoms with Gasteiger partial charge in [-0.2, -0.15) is 0 Å². The van der Waals surface area contributed by atoms with Gasteiger partial charge in [-0.15, -0.1) is 0 Å². The van der Waals surface area contributed by atoms with Crippen LogP contribution in [0.3, 0.4) is 0 Å². The molecule has 0 aromatic carbocycles. The van der Waals surface area contributed by atoms with Gasteiger partial charge in [0.15, 0.2) is 0 Å². The van der Waals surface area contributed by atoms with Crippen molar-refractivity contribution in [2.75, 3.05) is 0 Å². The molecule has 0 heterocycles. The second-order valence-corrected chi connectivity index (χ2v) is 5.67. The molecular formula is C13H24N2O. The van der Waals surface area contributed by atoms with Crippen LogP contribution in [0.15, 0.2) is 0 Å². The zero-order valence-corrected chi connectivity index (χ0v) is 10.3. The summed E-state index contributed by atoms with van der Waals surface area (Å²) in [5.41, 5.74) is 5.12. The number of carbonyl (C=O) groups is 1. The monoisotopic (exact) mass is 224 g/mol. The molecule has 2 saturated carbocycles. The number of hydrogen-bond donors (Lipinski definition) is 2. The third-order valence-corrected chi connectivity index (χ3v) is 4.26. The number of hydrogen-bond acceptors (Lipinski definition) is 2. The number of amides is 1. The Bertz CT molecular complexity index is 255. The molecular weight excluding hydrogens is 200 g/mol. The Kier molecular flexibility index (Phi) is 3.53. The molecule has 3 heteroatoms. The maximum absolute atomic E-state index is 11.6. The van der Waals surface area contributed by atoms with Crippen molar-refractivity contribution in [2.45, 2.75) is 69.9 Å². The first-order chi connectivity index (χ1) is 7.63. The fourth-order valence-electron chi connectivity index (χ4n) is 2.90. The number of rotatable bonds is 4. The van der Waals surface area contributed by atoms with Crippen molar-refractivity contribution >= 4 is 5.91 Å². The molecule has 1 amide bonds. The summed E-state index contributed by atoms with van der Waals surface area (Å²) >= 11 is 0. The van der Waals surface area contributed by atoms with Crippen LogP contribution >= 0.6 is 0 Å². The Labute approximate surface area is 98.2 Å². The Morgan fingerprint density at radius 3 is 2.12 bits per heavy atom. The lowest BCUT2D eigenvalue weighted by Crippen LogP contribution is -2.58. The summed E-state index contributed by atoms with van der Waals surface area (Å²) in [7, 11) is 0. The van der Waals surface area contributed by atoms with E-state index in [2.05, 4.69) is 5.32 Å². The molecule has 0 aromatic heterocycles. The van der Waals surface area contributed by atoms with Gasteiger partial charge >= 0.3 is 0 Å². The van der Waals surface area contributed by atoms with Crippen molar-refractivity contribution in [1.82, 2.24) is 5.32 Å². The predicted octanol–water partition coefficient (Wildman–Crippen LogP) is 1.95. The average molecular weight is 224 g/mol. The molecule has 16 heavy (non-hydrogen) atoms. The topological polar surface area (TPSA) is 55.1 Å². The molecule has 1 unspecified atom stereocenters. The molecule has 0 bridgehead atoms. The first-order valence-corrected chi connectivity index (χ1v) is 6.70. The maximum atomic E-state index is 11.6. The molecule has 3 nitrogen and oxygen atoms in total. The molecule has 0 radical (unpaired) electrons. The SMILES string of the molecule is CC(NC1CCCCCC1)(C(N)=O)C1CC1. The Morgan fingerprint density at radius 2 is 1.69 bits per heavy atom. The summed E-state index contributed by atoms with van der Waals surface area (Å²) in [6.07, 6.45) is 9.97. The fourth-order valence-corrected chi connectivity index (χ4v) is 2.90. The first-order valence-electron chi connectivity index (χ1n) is 6.70. The molecule has 92 valence electrons. The second kappa shape index (κ2) is 4.74. The van der Waals surface area contributed by atoms with E-state index in [1.165, 1.54) is 38.5 Å². The summed E-state index contributed by atoms with van der Waals surface area (Å²) < 4.78 is 0. The second-order valence-electron chi connectivity index (χ2n) is 5.67. The van der Waals surface area contributed by atoms with Gasteiger partial charge in [0.2, 0.25) is 5.91 Å². The highest BCUT2D eigenvalue weighted by atomic mass is 16.1. The molecule has 3 N–H and O–H groups in total. The normalized spacial score (nSPS) is 27.1. The van der Waals surface area contributed by atoms with Crippen LogP contribution in [-0.4, -0.2) is 17.5 Å².